The third-order valence-corrected chi connectivity index (χ3v) is 2.55. The second-order valence-electron chi connectivity index (χ2n) is 4.44. The molecule has 2 heteroatoms. The molecule has 2 aromatic rings. The molecule has 0 amide bonds. The maximum atomic E-state index is 11.0. The van der Waals surface area contributed by atoms with Gasteiger partial charge < -0.3 is 0 Å². The van der Waals surface area contributed by atoms with E-state index in [-0.39, 0.29) is 0 Å². The van der Waals surface area contributed by atoms with Gasteiger partial charge in [-0.25, -0.2) is 0 Å². The largest absolute Gasteiger partial charge is 0.298 e. The second-order valence-corrected chi connectivity index (χ2v) is 4.44. The molecule has 0 bridgehead atoms. The predicted molar refractivity (Wildman–Crippen MR) is 65.7 cm³/mol. The quantitative estimate of drug-likeness (QED) is 0.732. The lowest BCUT2D eigenvalue weighted by molar-refractivity contribution is 0.112. The van der Waals surface area contributed by atoms with Gasteiger partial charge in [-0.15, -0.1) is 0 Å². The van der Waals surface area contributed by atoms with E-state index in [1.807, 2.05) is 30.3 Å². The predicted octanol–water partition coefficient (Wildman–Crippen LogP) is 3.25. The summed E-state index contributed by atoms with van der Waals surface area (Å²) in [5, 5.41) is 0.935. The minimum Gasteiger partial charge on any atom is -0.298 e. The molecular formula is C14H15NO. The number of nitrogens with zero attached hydrogens (tertiary/aromatic N) is 1. The molecule has 0 aliphatic heterocycles. The summed E-state index contributed by atoms with van der Waals surface area (Å²) in [6.45, 7) is 4.30. The normalized spacial score (nSPS) is 10.9. The summed E-state index contributed by atoms with van der Waals surface area (Å²) in [4.78, 5) is 15.6. The lowest BCUT2D eigenvalue weighted by atomic mass is 10.0. The summed E-state index contributed by atoms with van der Waals surface area (Å²) in [5.74, 6) is 0.549. The van der Waals surface area contributed by atoms with E-state index < -0.39 is 0 Å². The summed E-state index contributed by atoms with van der Waals surface area (Å²) in [6, 6.07) is 9.66. The van der Waals surface area contributed by atoms with Gasteiger partial charge in [0.15, 0.2) is 6.29 Å². The number of carbonyl (C=O) groups excluding carboxylic acids is 1. The molecule has 0 atom stereocenters. The maximum Gasteiger partial charge on any atom is 0.150 e. The van der Waals surface area contributed by atoms with Gasteiger partial charge in [0.1, 0.15) is 0 Å². The van der Waals surface area contributed by atoms with Crippen LogP contribution in [0.15, 0.2) is 30.3 Å². The van der Waals surface area contributed by atoms with E-state index in [1.165, 1.54) is 0 Å². The van der Waals surface area contributed by atoms with Crippen molar-refractivity contribution in [2.75, 3.05) is 0 Å². The fourth-order valence-electron chi connectivity index (χ4n) is 1.88. The Hall–Kier alpha value is -1.70. The first-order valence-electron chi connectivity index (χ1n) is 5.54. The summed E-state index contributed by atoms with van der Waals surface area (Å²) < 4.78 is 0. The Morgan fingerprint density at radius 2 is 2.06 bits per heavy atom. The van der Waals surface area contributed by atoms with Crippen LogP contribution in [-0.2, 0) is 6.42 Å². The van der Waals surface area contributed by atoms with Gasteiger partial charge in [0.05, 0.1) is 5.52 Å². The molecule has 0 saturated carbocycles. The Labute approximate surface area is 95.3 Å². The number of rotatable bonds is 3. The molecule has 1 aromatic heterocycles. The molecule has 1 aromatic carbocycles. The van der Waals surface area contributed by atoms with Gasteiger partial charge in [0.2, 0.25) is 0 Å². The highest BCUT2D eigenvalue weighted by Gasteiger charge is 2.06. The van der Waals surface area contributed by atoms with Crippen LogP contribution < -0.4 is 0 Å². The van der Waals surface area contributed by atoms with Crippen LogP contribution in [0.4, 0.5) is 0 Å². The molecule has 0 N–H and O–H groups in total. The molecule has 0 aliphatic rings. The molecule has 2 nitrogen and oxygen atoms in total. The Balaban J connectivity index is 2.58. The highest BCUT2D eigenvalue weighted by atomic mass is 16.1. The first kappa shape index (κ1) is 10.8. The highest BCUT2D eigenvalue weighted by Crippen LogP contribution is 2.18. The number of carbonyl (C=O) groups is 1. The van der Waals surface area contributed by atoms with Crippen molar-refractivity contribution in [1.29, 1.82) is 0 Å². The number of benzene rings is 1. The van der Waals surface area contributed by atoms with Gasteiger partial charge in [-0.3, -0.25) is 9.78 Å². The number of para-hydroxylation sites is 1. The summed E-state index contributed by atoms with van der Waals surface area (Å²) >= 11 is 0. The fourth-order valence-corrected chi connectivity index (χ4v) is 1.88. The second kappa shape index (κ2) is 4.44. The third-order valence-electron chi connectivity index (χ3n) is 2.55. The van der Waals surface area contributed by atoms with E-state index in [9.17, 15) is 4.79 Å². The van der Waals surface area contributed by atoms with E-state index in [0.29, 0.717) is 5.92 Å². The van der Waals surface area contributed by atoms with Crippen molar-refractivity contribution in [3.05, 3.63) is 41.6 Å². The minimum atomic E-state index is 0.549. The summed E-state index contributed by atoms with van der Waals surface area (Å²) in [6.07, 6.45) is 1.82. The highest BCUT2D eigenvalue weighted by molar-refractivity contribution is 5.96. The summed E-state index contributed by atoms with van der Waals surface area (Å²) in [7, 11) is 0. The topological polar surface area (TPSA) is 30.0 Å². The van der Waals surface area contributed by atoms with Gasteiger partial charge >= 0.3 is 0 Å². The first-order chi connectivity index (χ1) is 7.70. The van der Waals surface area contributed by atoms with Crippen LogP contribution in [-0.4, -0.2) is 11.3 Å². The van der Waals surface area contributed by atoms with Crippen molar-refractivity contribution in [2.45, 2.75) is 20.3 Å². The lowest BCUT2D eigenvalue weighted by Gasteiger charge is -2.07. The molecule has 0 saturated heterocycles. The van der Waals surface area contributed by atoms with Crippen molar-refractivity contribution >= 4 is 17.2 Å². The Morgan fingerprint density at radius 1 is 1.31 bits per heavy atom. The van der Waals surface area contributed by atoms with Crippen LogP contribution in [0.25, 0.3) is 10.9 Å². The molecule has 16 heavy (non-hydrogen) atoms. The molecule has 0 unspecified atom stereocenters. The lowest BCUT2D eigenvalue weighted by Crippen LogP contribution is -1.99. The Morgan fingerprint density at radius 3 is 2.75 bits per heavy atom. The summed E-state index contributed by atoms with van der Waals surface area (Å²) in [5.41, 5.74) is 2.64. The average Bonchev–Trinajstić information content (AvgIpc) is 2.27. The van der Waals surface area contributed by atoms with E-state index in [4.69, 9.17) is 0 Å². The maximum absolute atomic E-state index is 11.0. The van der Waals surface area contributed by atoms with Gasteiger partial charge in [-0.2, -0.15) is 0 Å². The monoisotopic (exact) mass is 213 g/mol. The zero-order chi connectivity index (χ0) is 11.5. The molecule has 0 aliphatic carbocycles. The van der Waals surface area contributed by atoms with Gasteiger partial charge in [-0.05, 0) is 24.5 Å². The van der Waals surface area contributed by atoms with Crippen LogP contribution >= 0.6 is 0 Å². The van der Waals surface area contributed by atoms with Gasteiger partial charge in [-0.1, -0.05) is 32.0 Å². The number of hydrogen-bond donors (Lipinski definition) is 0. The van der Waals surface area contributed by atoms with Crippen molar-refractivity contribution in [2.24, 2.45) is 5.92 Å². The van der Waals surface area contributed by atoms with Crippen molar-refractivity contribution in [1.82, 2.24) is 4.98 Å². The smallest absolute Gasteiger partial charge is 0.150 e. The molecule has 2 rings (SSSR count). The third kappa shape index (κ3) is 2.11. The average molecular weight is 213 g/mol. The van der Waals surface area contributed by atoms with Crippen LogP contribution in [0.3, 0.4) is 0 Å². The van der Waals surface area contributed by atoms with E-state index >= 15 is 0 Å². The molecule has 0 fully saturated rings. The minimum absolute atomic E-state index is 0.549. The number of hydrogen-bond acceptors (Lipinski definition) is 2. The van der Waals surface area contributed by atoms with Gasteiger partial charge in [0.25, 0.3) is 0 Å². The zero-order valence-corrected chi connectivity index (χ0v) is 9.60. The van der Waals surface area contributed by atoms with Crippen LogP contribution in [0.1, 0.15) is 29.9 Å². The molecule has 0 spiro atoms. The Bertz CT molecular complexity index is 517. The first-order valence-corrected chi connectivity index (χ1v) is 5.54. The van der Waals surface area contributed by atoms with E-state index in [2.05, 4.69) is 18.8 Å². The Kier molecular flexibility index (Phi) is 3.00. The molecule has 1 heterocycles. The van der Waals surface area contributed by atoms with Crippen molar-refractivity contribution in [3.8, 4) is 0 Å². The van der Waals surface area contributed by atoms with Crippen molar-refractivity contribution in [3.63, 3.8) is 0 Å². The van der Waals surface area contributed by atoms with E-state index in [1.54, 1.807) is 0 Å². The molecular weight excluding hydrogens is 198 g/mol. The number of pyridine rings is 1. The number of aromatic nitrogens is 1. The van der Waals surface area contributed by atoms with Crippen LogP contribution in [0, 0.1) is 5.92 Å². The number of fused-ring (bicyclic) bond motifs is 1. The fraction of sp³-hybridized carbons (Fsp3) is 0.286. The molecule has 82 valence electrons. The van der Waals surface area contributed by atoms with Gasteiger partial charge in [0, 0.05) is 16.6 Å². The van der Waals surface area contributed by atoms with Crippen LogP contribution in [0.5, 0.6) is 0 Å². The van der Waals surface area contributed by atoms with Crippen LogP contribution in [0.2, 0.25) is 0 Å². The SMILES string of the molecule is CC(C)Cc1cc(C=O)c2ccccc2n1. The standard InChI is InChI=1S/C14H15NO/c1-10(2)7-12-8-11(9-16)13-5-3-4-6-14(13)15-12/h3-6,8-10H,7H2,1-2H3. The molecule has 0 radical (unpaired) electrons. The van der Waals surface area contributed by atoms with E-state index in [0.717, 1.165) is 34.9 Å². The number of aldehydes is 1. The zero-order valence-electron chi connectivity index (χ0n) is 9.60. The van der Waals surface area contributed by atoms with Crippen molar-refractivity contribution < 1.29 is 4.79 Å².